The van der Waals surface area contributed by atoms with Gasteiger partial charge < -0.3 is 20.1 Å². The minimum atomic E-state index is -0.0480. The number of hydrogen-bond acceptors (Lipinski definition) is 6. The fourth-order valence-corrected chi connectivity index (χ4v) is 2.87. The molecule has 2 heterocycles. The van der Waals surface area contributed by atoms with Gasteiger partial charge in [-0.25, -0.2) is 4.98 Å². The molecule has 0 amide bonds. The second-order valence-electron chi connectivity index (χ2n) is 5.70. The number of nitrogens with one attached hydrogen (secondary N) is 1. The molecule has 6 nitrogen and oxygen atoms in total. The summed E-state index contributed by atoms with van der Waals surface area (Å²) in [5.41, 5.74) is 2.39. The van der Waals surface area contributed by atoms with Crippen molar-refractivity contribution in [1.82, 2.24) is 15.3 Å². The van der Waals surface area contributed by atoms with Gasteiger partial charge in [0, 0.05) is 25.2 Å². The summed E-state index contributed by atoms with van der Waals surface area (Å²) in [5.74, 6) is 1.57. The van der Waals surface area contributed by atoms with E-state index in [1.807, 2.05) is 25.2 Å². The van der Waals surface area contributed by atoms with Crippen LogP contribution in [0.15, 0.2) is 30.6 Å². The molecule has 1 aromatic carbocycles. The molecular weight excluding hydrogens is 292 g/mol. The van der Waals surface area contributed by atoms with E-state index in [1.165, 1.54) is 0 Å². The minimum absolute atomic E-state index is 0.0480. The molecule has 0 saturated carbocycles. The van der Waals surface area contributed by atoms with Crippen LogP contribution in [0.5, 0.6) is 5.75 Å². The van der Waals surface area contributed by atoms with Crippen molar-refractivity contribution in [1.29, 1.82) is 0 Å². The zero-order chi connectivity index (χ0) is 16.2. The Hall–Kier alpha value is -2.18. The standard InChI is InChI=1S/C17H22N4O2/c1-21(13-5-6-18-8-13)17-10-19-9-16(20-17)15-7-14(23-2)4-3-12(15)11-22/h3-4,7,9-10,13,18,22H,5-6,8,11H2,1-2H3. The summed E-state index contributed by atoms with van der Waals surface area (Å²) in [6.07, 6.45) is 4.60. The Kier molecular flexibility index (Phi) is 4.73. The number of benzene rings is 1. The zero-order valence-electron chi connectivity index (χ0n) is 13.5. The van der Waals surface area contributed by atoms with Gasteiger partial charge in [-0.3, -0.25) is 4.98 Å². The van der Waals surface area contributed by atoms with Crippen LogP contribution in [0.4, 0.5) is 5.82 Å². The fourth-order valence-electron chi connectivity index (χ4n) is 2.87. The molecule has 1 fully saturated rings. The predicted molar refractivity (Wildman–Crippen MR) is 89.6 cm³/mol. The first-order chi connectivity index (χ1) is 11.2. The lowest BCUT2D eigenvalue weighted by Crippen LogP contribution is -2.34. The Labute approximate surface area is 136 Å². The van der Waals surface area contributed by atoms with Gasteiger partial charge in [-0.2, -0.15) is 0 Å². The van der Waals surface area contributed by atoms with Crippen molar-refractivity contribution in [2.45, 2.75) is 19.1 Å². The van der Waals surface area contributed by atoms with Crippen LogP contribution in [0.25, 0.3) is 11.3 Å². The number of hydrogen-bond donors (Lipinski definition) is 2. The van der Waals surface area contributed by atoms with E-state index in [0.717, 1.165) is 47.9 Å². The minimum Gasteiger partial charge on any atom is -0.497 e. The topological polar surface area (TPSA) is 70.5 Å². The normalized spacial score (nSPS) is 17.3. The molecule has 1 aliphatic heterocycles. The average Bonchev–Trinajstić information content (AvgIpc) is 3.15. The van der Waals surface area contributed by atoms with E-state index in [2.05, 4.69) is 15.2 Å². The fraction of sp³-hybridized carbons (Fsp3) is 0.412. The third-order valence-corrected chi connectivity index (χ3v) is 4.33. The number of aliphatic hydroxyl groups is 1. The third kappa shape index (κ3) is 3.28. The second-order valence-corrected chi connectivity index (χ2v) is 5.70. The molecule has 2 aromatic rings. The maximum absolute atomic E-state index is 9.59. The molecule has 1 aromatic heterocycles. The van der Waals surface area contributed by atoms with Crippen molar-refractivity contribution in [3.8, 4) is 17.0 Å². The van der Waals surface area contributed by atoms with Gasteiger partial charge in [0.2, 0.25) is 0 Å². The van der Waals surface area contributed by atoms with E-state index in [4.69, 9.17) is 9.72 Å². The lowest BCUT2D eigenvalue weighted by atomic mass is 10.0. The van der Waals surface area contributed by atoms with E-state index >= 15 is 0 Å². The van der Waals surface area contributed by atoms with E-state index in [9.17, 15) is 5.11 Å². The quantitative estimate of drug-likeness (QED) is 0.870. The van der Waals surface area contributed by atoms with Gasteiger partial charge in [0.25, 0.3) is 0 Å². The van der Waals surface area contributed by atoms with Crippen molar-refractivity contribution in [2.75, 3.05) is 32.1 Å². The van der Waals surface area contributed by atoms with Crippen LogP contribution < -0.4 is 15.0 Å². The predicted octanol–water partition coefficient (Wildman–Crippen LogP) is 1.44. The number of anilines is 1. The lowest BCUT2D eigenvalue weighted by molar-refractivity contribution is 0.282. The summed E-state index contributed by atoms with van der Waals surface area (Å²) in [6, 6.07) is 6.01. The Balaban J connectivity index is 1.96. The molecule has 0 aliphatic carbocycles. The van der Waals surface area contributed by atoms with Crippen molar-refractivity contribution in [2.24, 2.45) is 0 Å². The monoisotopic (exact) mass is 314 g/mol. The highest BCUT2D eigenvalue weighted by atomic mass is 16.5. The van der Waals surface area contributed by atoms with Crippen LogP contribution >= 0.6 is 0 Å². The van der Waals surface area contributed by atoms with Gasteiger partial charge in [0.1, 0.15) is 11.6 Å². The number of rotatable bonds is 5. The van der Waals surface area contributed by atoms with Crippen LogP contribution in [0, 0.1) is 0 Å². The van der Waals surface area contributed by atoms with Crippen LogP contribution in [-0.4, -0.2) is 48.4 Å². The Bertz CT molecular complexity index is 671. The van der Waals surface area contributed by atoms with Crippen molar-refractivity contribution < 1.29 is 9.84 Å². The van der Waals surface area contributed by atoms with Crippen molar-refractivity contribution >= 4 is 5.82 Å². The summed E-state index contributed by atoms with van der Waals surface area (Å²) in [4.78, 5) is 11.2. The largest absolute Gasteiger partial charge is 0.497 e. The van der Waals surface area contributed by atoms with Gasteiger partial charge >= 0.3 is 0 Å². The molecule has 1 aliphatic rings. The van der Waals surface area contributed by atoms with Crippen LogP contribution in [0.3, 0.4) is 0 Å². The van der Waals surface area contributed by atoms with E-state index in [1.54, 1.807) is 19.5 Å². The van der Waals surface area contributed by atoms with Crippen molar-refractivity contribution in [3.63, 3.8) is 0 Å². The molecule has 1 atom stereocenters. The first-order valence-corrected chi connectivity index (χ1v) is 7.76. The number of likely N-dealkylation sites (N-methyl/N-ethyl adjacent to an activating group) is 1. The SMILES string of the molecule is COc1ccc(CO)c(-c2cncc(N(C)C3CCNC3)n2)c1. The van der Waals surface area contributed by atoms with Gasteiger partial charge in [-0.15, -0.1) is 0 Å². The highest BCUT2D eigenvalue weighted by Gasteiger charge is 2.21. The molecule has 3 rings (SSSR count). The summed E-state index contributed by atoms with van der Waals surface area (Å²) in [6.45, 7) is 1.95. The number of aliphatic hydroxyl groups excluding tert-OH is 1. The number of ether oxygens (including phenoxy) is 1. The average molecular weight is 314 g/mol. The molecule has 2 N–H and O–H groups in total. The molecule has 0 radical (unpaired) electrons. The highest BCUT2D eigenvalue weighted by Crippen LogP contribution is 2.28. The first kappa shape index (κ1) is 15.7. The zero-order valence-corrected chi connectivity index (χ0v) is 13.5. The molecular formula is C17H22N4O2. The second kappa shape index (κ2) is 6.93. The lowest BCUT2D eigenvalue weighted by Gasteiger charge is -2.24. The molecule has 0 bridgehead atoms. The summed E-state index contributed by atoms with van der Waals surface area (Å²) in [7, 11) is 3.67. The summed E-state index contributed by atoms with van der Waals surface area (Å²) < 4.78 is 5.29. The van der Waals surface area contributed by atoms with Crippen LogP contribution in [0.1, 0.15) is 12.0 Å². The molecule has 1 saturated heterocycles. The van der Waals surface area contributed by atoms with Crippen LogP contribution in [-0.2, 0) is 6.61 Å². The van der Waals surface area contributed by atoms with Crippen molar-refractivity contribution in [3.05, 3.63) is 36.2 Å². The first-order valence-electron chi connectivity index (χ1n) is 7.76. The van der Waals surface area contributed by atoms with Crippen LogP contribution in [0.2, 0.25) is 0 Å². The maximum atomic E-state index is 9.59. The molecule has 23 heavy (non-hydrogen) atoms. The number of methoxy groups -OCH3 is 1. The molecule has 6 heteroatoms. The number of nitrogens with zero attached hydrogens (tertiary/aromatic N) is 3. The Morgan fingerprint density at radius 2 is 2.26 bits per heavy atom. The van der Waals surface area contributed by atoms with E-state index in [0.29, 0.717) is 6.04 Å². The summed E-state index contributed by atoms with van der Waals surface area (Å²) >= 11 is 0. The Morgan fingerprint density at radius 3 is 2.96 bits per heavy atom. The molecule has 122 valence electrons. The molecule has 1 unspecified atom stereocenters. The molecule has 0 spiro atoms. The van der Waals surface area contributed by atoms with Gasteiger partial charge in [0.15, 0.2) is 0 Å². The number of aromatic nitrogens is 2. The third-order valence-electron chi connectivity index (χ3n) is 4.33. The van der Waals surface area contributed by atoms with Gasteiger partial charge in [0.05, 0.1) is 31.8 Å². The van der Waals surface area contributed by atoms with E-state index in [-0.39, 0.29) is 6.61 Å². The van der Waals surface area contributed by atoms with E-state index < -0.39 is 0 Å². The smallest absolute Gasteiger partial charge is 0.147 e. The van der Waals surface area contributed by atoms with Gasteiger partial charge in [-0.1, -0.05) is 6.07 Å². The summed E-state index contributed by atoms with van der Waals surface area (Å²) in [5, 5.41) is 12.9. The van der Waals surface area contributed by atoms with Gasteiger partial charge in [-0.05, 0) is 30.7 Å². The highest BCUT2D eigenvalue weighted by molar-refractivity contribution is 5.66. The Morgan fingerprint density at radius 1 is 1.39 bits per heavy atom. The maximum Gasteiger partial charge on any atom is 0.147 e.